The summed E-state index contributed by atoms with van der Waals surface area (Å²) < 4.78 is 12.7. The maximum Gasteiger partial charge on any atom is 0.415 e. The number of anilines is 2. The van der Waals surface area contributed by atoms with Gasteiger partial charge in [-0.2, -0.15) is 0 Å². The second kappa shape index (κ2) is 10.6. The van der Waals surface area contributed by atoms with Crippen LogP contribution >= 0.6 is 0 Å². The Morgan fingerprint density at radius 3 is 2.29 bits per heavy atom. The average Bonchev–Trinajstić information content (AvgIpc) is 3.17. The second-order valence-corrected chi connectivity index (χ2v) is 11.1. The molecule has 0 bridgehead atoms. The first kappa shape index (κ1) is 28.3. The number of pyridine rings is 1. The average molecular weight is 521 g/mol. The van der Waals surface area contributed by atoms with E-state index >= 15 is 0 Å². The largest absolute Gasteiger partial charge is 0.444 e. The molecule has 1 aromatic carbocycles. The van der Waals surface area contributed by atoms with E-state index in [2.05, 4.69) is 21.8 Å². The maximum absolute atomic E-state index is 12.7. The lowest BCUT2D eigenvalue weighted by molar-refractivity contribution is 0.0284. The zero-order valence-electron chi connectivity index (χ0n) is 23.5. The number of hydrogen-bond acceptors (Lipinski definition) is 7. The highest BCUT2D eigenvalue weighted by Crippen LogP contribution is 2.29. The van der Waals surface area contributed by atoms with E-state index in [0.717, 1.165) is 11.1 Å². The summed E-state index contributed by atoms with van der Waals surface area (Å²) in [5.41, 5.74) is 8.37. The summed E-state index contributed by atoms with van der Waals surface area (Å²) in [5.74, 6) is 6.72. The van der Waals surface area contributed by atoms with Crippen LogP contribution in [0.1, 0.15) is 58.2 Å². The van der Waals surface area contributed by atoms with Gasteiger partial charge in [0.1, 0.15) is 22.5 Å². The Kier molecular flexibility index (Phi) is 7.91. The van der Waals surface area contributed by atoms with E-state index in [0.29, 0.717) is 23.1 Å². The Labute approximate surface area is 223 Å². The van der Waals surface area contributed by atoms with Crippen molar-refractivity contribution in [2.75, 3.05) is 24.7 Å². The Balaban J connectivity index is 1.92. The van der Waals surface area contributed by atoms with Crippen molar-refractivity contribution in [3.05, 3.63) is 47.3 Å². The molecule has 10 heteroatoms. The molecule has 2 N–H and O–H groups in total. The predicted molar refractivity (Wildman–Crippen MR) is 148 cm³/mol. The van der Waals surface area contributed by atoms with E-state index in [1.54, 1.807) is 45.8 Å². The Hall–Kier alpha value is -4.26. The monoisotopic (exact) mass is 520 g/mol. The zero-order valence-corrected chi connectivity index (χ0v) is 23.5. The standard InChI is InChI=1S/C28H36N6O4/c1-27(2,3)37-25(35)32(7)16-19-12-10-11-18(15-19)13-14-20-22-21(30-17-33(22)8)24(31-23(20)29)34(9)26(36)38-28(4,5)6/h10-12,15,17H,16H2,1-9H3,(H2,29,31). The molecule has 0 aliphatic rings. The fourth-order valence-corrected chi connectivity index (χ4v) is 3.57. The molecule has 0 atom stereocenters. The number of benzene rings is 1. The number of hydrogen-bond donors (Lipinski definition) is 1. The number of aryl methyl sites for hydroxylation is 1. The van der Waals surface area contributed by atoms with Gasteiger partial charge in [0, 0.05) is 33.3 Å². The first-order chi connectivity index (χ1) is 17.6. The highest BCUT2D eigenvalue weighted by Gasteiger charge is 2.26. The summed E-state index contributed by atoms with van der Waals surface area (Å²) in [4.78, 5) is 36.7. The van der Waals surface area contributed by atoms with Gasteiger partial charge < -0.3 is 24.7 Å². The number of nitrogens with zero attached hydrogens (tertiary/aromatic N) is 5. The van der Waals surface area contributed by atoms with Gasteiger partial charge in [0.2, 0.25) is 0 Å². The van der Waals surface area contributed by atoms with Crippen LogP contribution in [0.15, 0.2) is 30.6 Å². The number of carbonyl (C=O) groups is 2. The van der Waals surface area contributed by atoms with Crippen molar-refractivity contribution in [2.45, 2.75) is 59.3 Å². The molecular weight excluding hydrogens is 484 g/mol. The highest BCUT2D eigenvalue weighted by molar-refractivity contribution is 6.00. The van der Waals surface area contributed by atoms with Crippen LogP contribution < -0.4 is 10.6 Å². The number of rotatable bonds is 3. The van der Waals surface area contributed by atoms with Crippen molar-refractivity contribution >= 4 is 34.9 Å². The number of carbonyl (C=O) groups excluding carboxylic acids is 2. The summed E-state index contributed by atoms with van der Waals surface area (Å²) in [6.07, 6.45) is 0.655. The van der Waals surface area contributed by atoms with Crippen LogP contribution in [0, 0.1) is 11.8 Å². The molecule has 2 heterocycles. The molecule has 3 aromatic rings. The summed E-state index contributed by atoms with van der Waals surface area (Å²) in [7, 11) is 5.08. The van der Waals surface area contributed by atoms with E-state index in [1.165, 1.54) is 9.80 Å². The number of fused-ring (bicyclic) bond motifs is 1. The van der Waals surface area contributed by atoms with Gasteiger partial charge in [0.05, 0.1) is 17.4 Å². The molecular formula is C28H36N6O4. The molecule has 202 valence electrons. The Morgan fingerprint density at radius 2 is 1.66 bits per heavy atom. The molecule has 0 aliphatic carbocycles. The minimum atomic E-state index is -0.665. The van der Waals surface area contributed by atoms with Gasteiger partial charge >= 0.3 is 12.2 Å². The number of nitrogens with two attached hydrogens (primary N) is 1. The third-order valence-electron chi connectivity index (χ3n) is 5.24. The van der Waals surface area contributed by atoms with Crippen LogP contribution in [0.25, 0.3) is 11.0 Å². The van der Waals surface area contributed by atoms with Gasteiger partial charge in [-0.15, -0.1) is 0 Å². The zero-order chi connectivity index (χ0) is 28.4. The van der Waals surface area contributed by atoms with Crippen LogP contribution in [0.2, 0.25) is 0 Å². The molecule has 0 saturated heterocycles. The van der Waals surface area contributed by atoms with E-state index < -0.39 is 23.4 Å². The van der Waals surface area contributed by atoms with Crippen molar-refractivity contribution in [1.82, 2.24) is 19.4 Å². The van der Waals surface area contributed by atoms with Gasteiger partial charge in [-0.1, -0.05) is 24.0 Å². The molecule has 38 heavy (non-hydrogen) atoms. The minimum Gasteiger partial charge on any atom is -0.444 e. The lowest BCUT2D eigenvalue weighted by Gasteiger charge is -2.24. The fraction of sp³-hybridized carbons (Fsp3) is 0.429. The minimum absolute atomic E-state index is 0.167. The van der Waals surface area contributed by atoms with Crippen LogP contribution in [-0.2, 0) is 23.1 Å². The lowest BCUT2D eigenvalue weighted by Crippen LogP contribution is -2.34. The second-order valence-electron chi connectivity index (χ2n) is 11.1. The number of ether oxygens (including phenoxy) is 2. The van der Waals surface area contributed by atoms with Gasteiger partial charge in [-0.05, 0) is 59.2 Å². The molecule has 0 spiro atoms. The molecule has 0 aliphatic heterocycles. The molecule has 2 amide bonds. The quantitative estimate of drug-likeness (QED) is 0.498. The number of aromatic nitrogens is 3. The van der Waals surface area contributed by atoms with E-state index in [9.17, 15) is 9.59 Å². The summed E-state index contributed by atoms with van der Waals surface area (Å²) in [5, 5.41) is 0. The number of amides is 2. The van der Waals surface area contributed by atoms with Crippen LogP contribution in [-0.4, -0.2) is 56.9 Å². The number of imidazole rings is 1. The summed E-state index contributed by atoms with van der Waals surface area (Å²) in [6.45, 7) is 11.2. The Morgan fingerprint density at radius 1 is 1.03 bits per heavy atom. The lowest BCUT2D eigenvalue weighted by atomic mass is 10.1. The van der Waals surface area contributed by atoms with Gasteiger partial charge in [0.15, 0.2) is 5.82 Å². The molecule has 0 saturated carbocycles. The van der Waals surface area contributed by atoms with Crippen LogP contribution in [0.3, 0.4) is 0 Å². The third-order valence-corrected chi connectivity index (χ3v) is 5.24. The number of nitrogen functional groups attached to an aromatic ring is 1. The molecule has 0 fully saturated rings. The maximum atomic E-state index is 12.7. The smallest absolute Gasteiger partial charge is 0.415 e. The normalized spacial score (nSPS) is 11.5. The predicted octanol–water partition coefficient (Wildman–Crippen LogP) is 4.69. The van der Waals surface area contributed by atoms with Crippen molar-refractivity contribution < 1.29 is 19.1 Å². The van der Waals surface area contributed by atoms with Gasteiger partial charge in [-0.3, -0.25) is 4.90 Å². The van der Waals surface area contributed by atoms with Gasteiger partial charge in [0.25, 0.3) is 0 Å². The molecule has 10 nitrogen and oxygen atoms in total. The SMILES string of the molecule is CN(Cc1cccc(C#Cc2c(N)nc(N(C)C(=O)OC(C)(C)C)c3ncn(C)c23)c1)C(=O)OC(C)(C)C. The third kappa shape index (κ3) is 6.94. The molecule has 3 rings (SSSR count). The molecule has 0 unspecified atom stereocenters. The first-order valence-electron chi connectivity index (χ1n) is 12.2. The highest BCUT2D eigenvalue weighted by atomic mass is 16.6. The van der Waals surface area contributed by atoms with Crippen LogP contribution in [0.5, 0.6) is 0 Å². The molecule has 0 radical (unpaired) electrons. The van der Waals surface area contributed by atoms with Crippen LogP contribution in [0.4, 0.5) is 21.2 Å². The first-order valence-corrected chi connectivity index (χ1v) is 12.2. The fourth-order valence-electron chi connectivity index (χ4n) is 3.57. The van der Waals surface area contributed by atoms with Crippen molar-refractivity contribution in [1.29, 1.82) is 0 Å². The topological polar surface area (TPSA) is 116 Å². The molecule has 2 aromatic heterocycles. The Bertz CT molecular complexity index is 1420. The van der Waals surface area contributed by atoms with Crippen molar-refractivity contribution in [2.24, 2.45) is 7.05 Å². The van der Waals surface area contributed by atoms with Gasteiger partial charge in [-0.25, -0.2) is 19.6 Å². The van der Waals surface area contributed by atoms with E-state index in [1.807, 2.05) is 52.1 Å². The van der Waals surface area contributed by atoms with Crippen molar-refractivity contribution in [3.63, 3.8) is 0 Å². The summed E-state index contributed by atoms with van der Waals surface area (Å²) in [6, 6.07) is 7.58. The van der Waals surface area contributed by atoms with Crippen molar-refractivity contribution in [3.8, 4) is 11.8 Å². The van der Waals surface area contributed by atoms with E-state index in [-0.39, 0.29) is 11.6 Å². The summed E-state index contributed by atoms with van der Waals surface area (Å²) >= 11 is 0. The van der Waals surface area contributed by atoms with E-state index in [4.69, 9.17) is 15.2 Å².